The van der Waals surface area contributed by atoms with E-state index in [2.05, 4.69) is 28.0 Å². The molecular weight excluding hydrogens is 306 g/mol. The van der Waals surface area contributed by atoms with Crippen LogP contribution in [0.2, 0.25) is 0 Å². The van der Waals surface area contributed by atoms with Crippen molar-refractivity contribution >= 4 is 15.9 Å². The molecule has 0 saturated heterocycles. The van der Waals surface area contributed by atoms with Crippen molar-refractivity contribution in [3.8, 4) is 5.75 Å². The molecule has 0 aliphatic heterocycles. The van der Waals surface area contributed by atoms with Crippen LogP contribution in [0.1, 0.15) is 23.9 Å². The highest BCUT2D eigenvalue weighted by molar-refractivity contribution is 9.10. The Morgan fingerprint density at radius 3 is 2.79 bits per heavy atom. The Morgan fingerprint density at radius 1 is 1.37 bits per heavy atom. The lowest BCUT2D eigenvalue weighted by atomic mass is 10.2. The Morgan fingerprint density at radius 2 is 2.11 bits per heavy atom. The first-order valence-electron chi connectivity index (χ1n) is 6.30. The van der Waals surface area contributed by atoms with E-state index >= 15 is 0 Å². The van der Waals surface area contributed by atoms with Gasteiger partial charge >= 0.3 is 0 Å². The van der Waals surface area contributed by atoms with Gasteiger partial charge in [0.2, 0.25) is 0 Å². The van der Waals surface area contributed by atoms with E-state index in [9.17, 15) is 0 Å². The predicted molar refractivity (Wildman–Crippen MR) is 79.0 cm³/mol. The summed E-state index contributed by atoms with van der Waals surface area (Å²) >= 11 is 3.56. The largest absolute Gasteiger partial charge is 0.487 e. The third kappa shape index (κ3) is 2.98. The average molecular weight is 324 g/mol. The fraction of sp³-hybridized carbons (Fsp3) is 0.357. The van der Waals surface area contributed by atoms with E-state index in [0.717, 1.165) is 33.7 Å². The van der Waals surface area contributed by atoms with Crippen molar-refractivity contribution in [2.45, 2.75) is 33.5 Å². The molecule has 0 aliphatic rings. The molecule has 1 heterocycles. The van der Waals surface area contributed by atoms with E-state index < -0.39 is 0 Å². The van der Waals surface area contributed by atoms with Crippen LogP contribution in [0.15, 0.2) is 28.7 Å². The van der Waals surface area contributed by atoms with Crippen molar-refractivity contribution in [2.24, 2.45) is 5.73 Å². The van der Waals surface area contributed by atoms with Crippen molar-refractivity contribution in [3.63, 3.8) is 0 Å². The first-order valence-corrected chi connectivity index (χ1v) is 7.09. The van der Waals surface area contributed by atoms with Crippen LogP contribution in [-0.4, -0.2) is 9.78 Å². The third-order valence-corrected chi connectivity index (χ3v) is 4.04. The van der Waals surface area contributed by atoms with Crippen LogP contribution in [-0.2, 0) is 19.7 Å². The molecule has 2 N–H and O–H groups in total. The van der Waals surface area contributed by atoms with Crippen LogP contribution < -0.4 is 10.5 Å². The van der Waals surface area contributed by atoms with Gasteiger partial charge in [-0.05, 0) is 35.8 Å². The van der Waals surface area contributed by atoms with Crippen LogP contribution in [0.4, 0.5) is 0 Å². The molecule has 2 aromatic rings. The molecule has 0 saturated carbocycles. The number of hydrogen-bond acceptors (Lipinski definition) is 3. The quantitative estimate of drug-likeness (QED) is 0.920. The molecule has 102 valence electrons. The SMILES string of the molecule is CCn1nc(C)c(Br)c1COc1ccccc1CN. The molecule has 0 radical (unpaired) electrons. The van der Waals surface area contributed by atoms with E-state index in [4.69, 9.17) is 10.5 Å². The Labute approximate surface area is 121 Å². The van der Waals surface area contributed by atoms with Crippen molar-refractivity contribution < 1.29 is 4.74 Å². The van der Waals surface area contributed by atoms with Gasteiger partial charge < -0.3 is 10.5 Å². The van der Waals surface area contributed by atoms with Gasteiger partial charge in [0, 0.05) is 18.7 Å². The summed E-state index contributed by atoms with van der Waals surface area (Å²) < 4.78 is 8.84. The number of ether oxygens (including phenoxy) is 1. The summed E-state index contributed by atoms with van der Waals surface area (Å²) in [5, 5.41) is 4.45. The normalized spacial score (nSPS) is 10.7. The summed E-state index contributed by atoms with van der Waals surface area (Å²) in [7, 11) is 0. The van der Waals surface area contributed by atoms with Crippen LogP contribution >= 0.6 is 15.9 Å². The molecule has 0 amide bonds. The van der Waals surface area contributed by atoms with E-state index in [1.165, 1.54) is 0 Å². The molecule has 5 heteroatoms. The molecule has 1 aromatic carbocycles. The zero-order valence-electron chi connectivity index (χ0n) is 11.2. The van der Waals surface area contributed by atoms with Gasteiger partial charge in [0.1, 0.15) is 12.4 Å². The number of para-hydroxylation sites is 1. The number of hydrogen-bond donors (Lipinski definition) is 1. The molecule has 0 aliphatic carbocycles. The summed E-state index contributed by atoms with van der Waals surface area (Å²) in [5.41, 5.74) is 8.74. The molecule has 0 bridgehead atoms. The van der Waals surface area contributed by atoms with Gasteiger partial charge in [-0.25, -0.2) is 0 Å². The van der Waals surface area contributed by atoms with Gasteiger partial charge in [-0.2, -0.15) is 5.10 Å². The number of aryl methyl sites for hydroxylation is 2. The van der Waals surface area contributed by atoms with Gasteiger partial charge in [-0.15, -0.1) is 0 Å². The number of nitrogens with zero attached hydrogens (tertiary/aromatic N) is 2. The molecule has 2 rings (SSSR count). The van der Waals surface area contributed by atoms with Gasteiger partial charge in [0.25, 0.3) is 0 Å². The minimum atomic E-state index is 0.476. The molecule has 0 atom stereocenters. The van der Waals surface area contributed by atoms with Gasteiger partial charge in [0.05, 0.1) is 15.9 Å². The first-order chi connectivity index (χ1) is 9.17. The summed E-state index contributed by atoms with van der Waals surface area (Å²) in [6, 6.07) is 7.83. The van der Waals surface area contributed by atoms with E-state index in [1.807, 2.05) is 35.9 Å². The lowest BCUT2D eigenvalue weighted by Gasteiger charge is -2.11. The van der Waals surface area contributed by atoms with Gasteiger partial charge in [-0.1, -0.05) is 18.2 Å². The fourth-order valence-corrected chi connectivity index (χ4v) is 2.36. The van der Waals surface area contributed by atoms with Gasteiger partial charge in [-0.3, -0.25) is 4.68 Å². The standard InChI is InChI=1S/C14H18BrN3O/c1-3-18-12(14(15)10(2)17-18)9-19-13-7-5-4-6-11(13)8-16/h4-7H,3,8-9,16H2,1-2H3. The average Bonchev–Trinajstić information content (AvgIpc) is 2.72. The van der Waals surface area contributed by atoms with Crippen molar-refractivity contribution in [3.05, 3.63) is 45.7 Å². The molecular formula is C14H18BrN3O. The van der Waals surface area contributed by atoms with Crippen LogP contribution in [0, 0.1) is 6.92 Å². The van der Waals surface area contributed by atoms with Gasteiger partial charge in [0.15, 0.2) is 0 Å². The van der Waals surface area contributed by atoms with Crippen LogP contribution in [0.3, 0.4) is 0 Å². The van der Waals surface area contributed by atoms with E-state index in [-0.39, 0.29) is 0 Å². The molecule has 4 nitrogen and oxygen atoms in total. The maximum Gasteiger partial charge on any atom is 0.131 e. The number of rotatable bonds is 5. The van der Waals surface area contributed by atoms with Crippen molar-refractivity contribution in [1.82, 2.24) is 9.78 Å². The lowest BCUT2D eigenvalue weighted by Crippen LogP contribution is -2.08. The topological polar surface area (TPSA) is 53.1 Å². The van der Waals surface area contributed by atoms with E-state index in [1.54, 1.807) is 0 Å². The summed E-state index contributed by atoms with van der Waals surface area (Å²) in [4.78, 5) is 0. The second kappa shape index (κ2) is 6.21. The fourth-order valence-electron chi connectivity index (χ4n) is 1.97. The summed E-state index contributed by atoms with van der Waals surface area (Å²) in [6.07, 6.45) is 0. The Balaban J connectivity index is 2.19. The maximum atomic E-state index is 5.88. The monoisotopic (exact) mass is 323 g/mol. The number of halogens is 1. The lowest BCUT2D eigenvalue weighted by molar-refractivity contribution is 0.289. The Kier molecular flexibility index (Phi) is 4.61. The predicted octanol–water partition coefficient (Wildman–Crippen LogP) is 3.01. The third-order valence-electron chi connectivity index (χ3n) is 3.01. The maximum absolute atomic E-state index is 5.88. The van der Waals surface area contributed by atoms with Crippen molar-refractivity contribution in [2.75, 3.05) is 0 Å². The zero-order chi connectivity index (χ0) is 13.8. The van der Waals surface area contributed by atoms with E-state index in [0.29, 0.717) is 13.2 Å². The molecule has 19 heavy (non-hydrogen) atoms. The molecule has 0 unspecified atom stereocenters. The minimum Gasteiger partial charge on any atom is -0.487 e. The highest BCUT2D eigenvalue weighted by Crippen LogP contribution is 2.24. The highest BCUT2D eigenvalue weighted by atomic mass is 79.9. The smallest absolute Gasteiger partial charge is 0.131 e. The minimum absolute atomic E-state index is 0.476. The number of benzene rings is 1. The number of nitrogens with two attached hydrogens (primary N) is 1. The molecule has 1 aromatic heterocycles. The Hall–Kier alpha value is -1.33. The highest BCUT2D eigenvalue weighted by Gasteiger charge is 2.13. The summed E-state index contributed by atoms with van der Waals surface area (Å²) in [6.45, 7) is 5.82. The Bertz CT molecular complexity index is 566. The van der Waals surface area contributed by atoms with Crippen molar-refractivity contribution in [1.29, 1.82) is 0 Å². The zero-order valence-corrected chi connectivity index (χ0v) is 12.8. The second-order valence-corrected chi connectivity index (χ2v) is 5.06. The second-order valence-electron chi connectivity index (χ2n) is 4.26. The molecule has 0 fully saturated rings. The van der Waals surface area contributed by atoms with Crippen LogP contribution in [0.25, 0.3) is 0 Å². The number of aromatic nitrogens is 2. The summed E-state index contributed by atoms with van der Waals surface area (Å²) in [5.74, 6) is 0.832. The molecule has 0 spiro atoms. The first kappa shape index (κ1) is 14.1. The van der Waals surface area contributed by atoms with Crippen LogP contribution in [0.5, 0.6) is 5.75 Å².